The topological polar surface area (TPSA) is 57.5 Å². The molecule has 3 nitrogen and oxygen atoms in total. The third-order valence-electron chi connectivity index (χ3n) is 9.59. The molecular formula is C24H42O3. The quantitative estimate of drug-likeness (QED) is 0.580. The van der Waals surface area contributed by atoms with Gasteiger partial charge in [0.25, 0.3) is 0 Å². The number of carboxylic acid groups (broad SMARTS) is 1. The van der Waals surface area contributed by atoms with Gasteiger partial charge in [-0.2, -0.15) is 0 Å². The van der Waals surface area contributed by atoms with Gasteiger partial charge < -0.3 is 10.2 Å². The smallest absolute Gasteiger partial charge is 0.303 e. The van der Waals surface area contributed by atoms with Crippen molar-refractivity contribution in [3.05, 3.63) is 0 Å². The highest BCUT2D eigenvalue weighted by atomic mass is 16.4. The third-order valence-corrected chi connectivity index (χ3v) is 9.59. The molecule has 3 aliphatic rings. The van der Waals surface area contributed by atoms with E-state index in [1.165, 1.54) is 51.4 Å². The molecule has 2 N–H and O–H groups in total. The maximum Gasteiger partial charge on any atom is 0.303 e. The number of aliphatic hydroxyl groups is 1. The van der Waals surface area contributed by atoms with Gasteiger partial charge in [-0.25, -0.2) is 0 Å². The fourth-order valence-electron chi connectivity index (χ4n) is 8.06. The van der Waals surface area contributed by atoms with E-state index in [4.69, 9.17) is 5.11 Å². The van der Waals surface area contributed by atoms with Gasteiger partial charge in [0.05, 0.1) is 0 Å². The summed E-state index contributed by atoms with van der Waals surface area (Å²) in [7, 11) is 0. The van der Waals surface area contributed by atoms with Gasteiger partial charge >= 0.3 is 5.97 Å². The maximum atomic E-state index is 10.9. The average Bonchev–Trinajstić information content (AvgIpc) is 2.95. The number of rotatable bonds is 7. The Kier molecular flexibility index (Phi) is 6.60. The minimum absolute atomic E-state index is 0.330. The van der Waals surface area contributed by atoms with Gasteiger partial charge in [0.15, 0.2) is 0 Å². The van der Waals surface area contributed by atoms with Gasteiger partial charge in [-0.05, 0) is 98.2 Å². The first kappa shape index (κ1) is 21.1. The number of hydrogen-bond acceptors (Lipinski definition) is 2. The van der Waals surface area contributed by atoms with E-state index in [9.17, 15) is 9.90 Å². The van der Waals surface area contributed by atoms with Gasteiger partial charge in [0.1, 0.15) is 0 Å². The first-order valence-corrected chi connectivity index (χ1v) is 11.7. The minimum Gasteiger partial charge on any atom is -0.481 e. The fourth-order valence-corrected chi connectivity index (χ4v) is 8.06. The van der Waals surface area contributed by atoms with Crippen molar-refractivity contribution < 1.29 is 15.0 Å². The summed E-state index contributed by atoms with van der Waals surface area (Å²) in [6.45, 7) is 7.95. The van der Waals surface area contributed by atoms with Crippen LogP contribution in [0.2, 0.25) is 0 Å². The second-order valence-corrected chi connectivity index (χ2v) is 10.6. The Bertz CT molecular complexity index is 516. The monoisotopic (exact) mass is 378 g/mol. The molecule has 0 aromatic carbocycles. The summed E-state index contributed by atoms with van der Waals surface area (Å²) >= 11 is 0. The zero-order chi connectivity index (χ0) is 19.7. The molecule has 0 saturated heterocycles. The Labute approximate surface area is 166 Å². The molecule has 0 aliphatic heterocycles. The van der Waals surface area contributed by atoms with Crippen LogP contribution in [0.5, 0.6) is 0 Å². The van der Waals surface area contributed by atoms with Crippen LogP contribution in [0.1, 0.15) is 97.8 Å². The van der Waals surface area contributed by atoms with Crippen LogP contribution in [0.15, 0.2) is 0 Å². The van der Waals surface area contributed by atoms with Crippen LogP contribution in [-0.2, 0) is 4.79 Å². The molecule has 0 aromatic heterocycles. The van der Waals surface area contributed by atoms with Crippen molar-refractivity contribution in [3.8, 4) is 0 Å². The molecule has 3 heteroatoms. The van der Waals surface area contributed by atoms with Gasteiger partial charge in [0.2, 0.25) is 0 Å². The van der Waals surface area contributed by atoms with Crippen LogP contribution in [-0.4, -0.2) is 22.8 Å². The first-order chi connectivity index (χ1) is 12.8. The van der Waals surface area contributed by atoms with Gasteiger partial charge in [-0.15, -0.1) is 0 Å². The van der Waals surface area contributed by atoms with E-state index in [1.807, 2.05) is 0 Å². The predicted octanol–water partition coefficient (Wildman–Crippen LogP) is 5.90. The van der Waals surface area contributed by atoms with Crippen molar-refractivity contribution in [2.75, 3.05) is 6.61 Å². The molecule has 3 rings (SSSR count). The van der Waals surface area contributed by atoms with E-state index in [-0.39, 0.29) is 0 Å². The van der Waals surface area contributed by atoms with Gasteiger partial charge in [-0.1, -0.05) is 33.6 Å². The number of carboxylic acids is 1. The summed E-state index contributed by atoms with van der Waals surface area (Å²) in [5, 5.41) is 18.6. The van der Waals surface area contributed by atoms with E-state index in [1.54, 1.807) is 0 Å². The summed E-state index contributed by atoms with van der Waals surface area (Å²) in [6, 6.07) is 0. The van der Waals surface area contributed by atoms with Crippen LogP contribution >= 0.6 is 0 Å². The molecule has 0 bridgehead atoms. The SMILES string of the molecule is CC1C(C2(C)CCCCC2CCO)CCC2(C)C(CCCC(=O)O)CCC12. The van der Waals surface area contributed by atoms with E-state index in [0.717, 1.165) is 42.9 Å². The predicted molar refractivity (Wildman–Crippen MR) is 109 cm³/mol. The highest BCUT2D eigenvalue weighted by Crippen LogP contribution is 2.64. The van der Waals surface area contributed by atoms with Crippen molar-refractivity contribution in [2.24, 2.45) is 40.4 Å². The third kappa shape index (κ3) is 3.95. The molecule has 0 spiro atoms. The lowest BCUT2D eigenvalue weighted by Crippen LogP contribution is -2.49. The molecule has 3 saturated carbocycles. The molecular weight excluding hydrogens is 336 g/mol. The molecule has 0 radical (unpaired) electrons. The normalized spacial score (nSPS) is 44.8. The lowest BCUT2D eigenvalue weighted by atomic mass is 9.49. The number of aliphatic hydroxyl groups excluding tert-OH is 1. The maximum absolute atomic E-state index is 10.9. The van der Waals surface area contributed by atoms with Crippen molar-refractivity contribution in [3.63, 3.8) is 0 Å². The molecule has 0 aromatic rings. The Balaban J connectivity index is 1.71. The molecule has 7 atom stereocenters. The van der Waals surface area contributed by atoms with E-state index < -0.39 is 5.97 Å². The van der Waals surface area contributed by atoms with Crippen LogP contribution in [0.25, 0.3) is 0 Å². The van der Waals surface area contributed by atoms with Crippen LogP contribution in [0.3, 0.4) is 0 Å². The molecule has 0 heterocycles. The number of fused-ring (bicyclic) bond motifs is 1. The van der Waals surface area contributed by atoms with Crippen molar-refractivity contribution in [1.82, 2.24) is 0 Å². The summed E-state index contributed by atoms with van der Waals surface area (Å²) in [5.74, 6) is 3.13. The van der Waals surface area contributed by atoms with E-state index in [0.29, 0.717) is 29.8 Å². The van der Waals surface area contributed by atoms with Gasteiger partial charge in [0, 0.05) is 13.0 Å². The van der Waals surface area contributed by atoms with Crippen LogP contribution < -0.4 is 0 Å². The van der Waals surface area contributed by atoms with Crippen molar-refractivity contribution >= 4 is 5.97 Å². The molecule has 3 fully saturated rings. The lowest BCUT2D eigenvalue weighted by Gasteiger charge is -2.56. The van der Waals surface area contributed by atoms with Crippen molar-refractivity contribution in [1.29, 1.82) is 0 Å². The molecule has 27 heavy (non-hydrogen) atoms. The number of carbonyl (C=O) groups is 1. The summed E-state index contributed by atoms with van der Waals surface area (Å²) < 4.78 is 0. The highest BCUT2D eigenvalue weighted by molar-refractivity contribution is 5.66. The first-order valence-electron chi connectivity index (χ1n) is 11.7. The summed E-state index contributed by atoms with van der Waals surface area (Å²) in [4.78, 5) is 10.9. The number of aliphatic carboxylic acids is 1. The molecule has 7 unspecified atom stereocenters. The molecule has 0 amide bonds. The van der Waals surface area contributed by atoms with Crippen molar-refractivity contribution in [2.45, 2.75) is 97.8 Å². The Hall–Kier alpha value is -0.570. The lowest BCUT2D eigenvalue weighted by molar-refractivity contribution is -0.137. The fraction of sp³-hybridized carbons (Fsp3) is 0.958. The largest absolute Gasteiger partial charge is 0.481 e. The molecule has 3 aliphatic carbocycles. The average molecular weight is 379 g/mol. The van der Waals surface area contributed by atoms with E-state index >= 15 is 0 Å². The summed E-state index contributed by atoms with van der Waals surface area (Å²) in [6.07, 6.45) is 13.9. The highest BCUT2D eigenvalue weighted by Gasteiger charge is 2.56. The van der Waals surface area contributed by atoms with Gasteiger partial charge in [-0.3, -0.25) is 4.79 Å². The second kappa shape index (κ2) is 8.43. The summed E-state index contributed by atoms with van der Waals surface area (Å²) in [5.41, 5.74) is 0.828. The second-order valence-electron chi connectivity index (χ2n) is 10.6. The van der Waals surface area contributed by atoms with Crippen LogP contribution in [0.4, 0.5) is 0 Å². The zero-order valence-electron chi connectivity index (χ0n) is 17.9. The molecule has 156 valence electrons. The Morgan fingerprint density at radius 2 is 1.59 bits per heavy atom. The van der Waals surface area contributed by atoms with E-state index in [2.05, 4.69) is 20.8 Å². The Morgan fingerprint density at radius 1 is 0.926 bits per heavy atom. The van der Waals surface area contributed by atoms with Crippen LogP contribution in [0, 0.1) is 40.4 Å². The Morgan fingerprint density at radius 3 is 2.30 bits per heavy atom. The minimum atomic E-state index is -0.646. The zero-order valence-corrected chi connectivity index (χ0v) is 17.9. The standard InChI is InChI=1S/C24H42O3/c1-17-20-11-10-18(8-6-9-22(26)27)24(20,3)15-12-21(17)23(2)14-5-4-7-19(23)13-16-25/h17-21,25H,4-16H2,1-3H3,(H,26,27). The number of hydrogen-bond donors (Lipinski definition) is 2.